The van der Waals surface area contributed by atoms with E-state index in [1.54, 1.807) is 13.3 Å². The molecule has 1 N–H and O–H groups in total. The Balaban J connectivity index is 2.36. The summed E-state index contributed by atoms with van der Waals surface area (Å²) in [6.45, 7) is 2.79. The van der Waals surface area contributed by atoms with E-state index in [0.29, 0.717) is 5.88 Å². The van der Waals surface area contributed by atoms with Gasteiger partial charge in [0.1, 0.15) is 0 Å². The molecular weight excluding hydrogens is 190 g/mol. The summed E-state index contributed by atoms with van der Waals surface area (Å²) >= 11 is 0. The Kier molecular flexibility index (Phi) is 5.07. The molecule has 0 saturated carbocycles. The first-order valence-corrected chi connectivity index (χ1v) is 5.07. The molecule has 0 radical (unpaired) electrons. The van der Waals surface area contributed by atoms with Crippen molar-refractivity contribution in [3.05, 3.63) is 23.9 Å². The number of rotatable bonds is 6. The third-order valence-electron chi connectivity index (χ3n) is 2.09. The Morgan fingerprint density at radius 1 is 1.47 bits per heavy atom. The Hall–Kier alpha value is -1.13. The third-order valence-corrected chi connectivity index (χ3v) is 2.09. The molecule has 0 saturated heterocycles. The molecule has 0 bridgehead atoms. The summed E-state index contributed by atoms with van der Waals surface area (Å²) in [4.78, 5) is 6.28. The second-order valence-corrected chi connectivity index (χ2v) is 3.65. The number of likely N-dealkylation sites (N-methyl/N-ethyl adjacent to an activating group) is 1. The standard InChI is InChI=1S/C11H19N3O/c1-14(2)8-7-12-9-10-5-4-6-13-11(10)15-3/h4-6,12H,7-9H2,1-3H3. The van der Waals surface area contributed by atoms with Gasteiger partial charge in [0.05, 0.1) is 7.11 Å². The summed E-state index contributed by atoms with van der Waals surface area (Å²) < 4.78 is 5.16. The van der Waals surface area contributed by atoms with E-state index in [2.05, 4.69) is 29.3 Å². The molecule has 0 aliphatic heterocycles. The highest BCUT2D eigenvalue weighted by Gasteiger charge is 2.01. The molecule has 4 heteroatoms. The van der Waals surface area contributed by atoms with Crippen molar-refractivity contribution in [1.29, 1.82) is 0 Å². The van der Waals surface area contributed by atoms with Gasteiger partial charge in [-0.1, -0.05) is 6.07 Å². The predicted molar refractivity (Wildman–Crippen MR) is 61.0 cm³/mol. The van der Waals surface area contributed by atoms with Crippen LogP contribution in [0.5, 0.6) is 5.88 Å². The minimum absolute atomic E-state index is 0.704. The number of hydrogen-bond donors (Lipinski definition) is 1. The maximum atomic E-state index is 5.16. The Bertz CT molecular complexity index is 289. The fraction of sp³-hybridized carbons (Fsp3) is 0.545. The smallest absolute Gasteiger partial charge is 0.217 e. The van der Waals surface area contributed by atoms with Crippen molar-refractivity contribution in [2.45, 2.75) is 6.54 Å². The number of nitrogens with one attached hydrogen (secondary N) is 1. The largest absolute Gasteiger partial charge is 0.481 e. The van der Waals surface area contributed by atoms with Gasteiger partial charge in [0.2, 0.25) is 5.88 Å². The summed E-state index contributed by atoms with van der Waals surface area (Å²) in [7, 11) is 5.77. The molecule has 1 aromatic rings. The van der Waals surface area contributed by atoms with Gasteiger partial charge in [0, 0.05) is 31.4 Å². The maximum absolute atomic E-state index is 5.16. The Labute approximate surface area is 91.3 Å². The van der Waals surface area contributed by atoms with Crippen molar-refractivity contribution in [3.8, 4) is 5.88 Å². The fourth-order valence-corrected chi connectivity index (χ4v) is 1.27. The van der Waals surface area contributed by atoms with E-state index in [9.17, 15) is 0 Å². The van der Waals surface area contributed by atoms with Crippen LogP contribution in [0, 0.1) is 0 Å². The minimum Gasteiger partial charge on any atom is -0.481 e. The topological polar surface area (TPSA) is 37.4 Å². The maximum Gasteiger partial charge on any atom is 0.217 e. The molecule has 84 valence electrons. The van der Waals surface area contributed by atoms with Crippen LogP contribution in [-0.4, -0.2) is 44.2 Å². The van der Waals surface area contributed by atoms with Crippen LogP contribution in [0.2, 0.25) is 0 Å². The third kappa shape index (κ3) is 4.27. The molecule has 15 heavy (non-hydrogen) atoms. The minimum atomic E-state index is 0.704. The lowest BCUT2D eigenvalue weighted by Gasteiger charge is -2.11. The Morgan fingerprint density at radius 3 is 2.93 bits per heavy atom. The van der Waals surface area contributed by atoms with Crippen LogP contribution in [0.25, 0.3) is 0 Å². The molecule has 0 aliphatic rings. The van der Waals surface area contributed by atoms with Crippen molar-refractivity contribution >= 4 is 0 Å². The van der Waals surface area contributed by atoms with Gasteiger partial charge in [-0.2, -0.15) is 0 Å². The average Bonchev–Trinajstić information content (AvgIpc) is 2.24. The first-order chi connectivity index (χ1) is 7.24. The summed E-state index contributed by atoms with van der Waals surface area (Å²) in [6.07, 6.45) is 1.74. The van der Waals surface area contributed by atoms with Gasteiger partial charge in [-0.3, -0.25) is 0 Å². The molecule has 0 fully saturated rings. The molecule has 0 aromatic carbocycles. The van der Waals surface area contributed by atoms with Crippen LogP contribution >= 0.6 is 0 Å². The monoisotopic (exact) mass is 209 g/mol. The molecule has 1 aromatic heterocycles. The molecule has 4 nitrogen and oxygen atoms in total. The molecular formula is C11H19N3O. The van der Waals surface area contributed by atoms with Crippen molar-refractivity contribution in [1.82, 2.24) is 15.2 Å². The summed E-state index contributed by atoms with van der Waals surface area (Å²) in [6, 6.07) is 3.94. The van der Waals surface area contributed by atoms with Crippen molar-refractivity contribution < 1.29 is 4.74 Å². The zero-order valence-corrected chi connectivity index (χ0v) is 9.66. The van der Waals surface area contributed by atoms with Gasteiger partial charge in [-0.25, -0.2) is 4.98 Å². The first-order valence-electron chi connectivity index (χ1n) is 5.07. The second-order valence-electron chi connectivity index (χ2n) is 3.65. The van der Waals surface area contributed by atoms with Gasteiger partial charge < -0.3 is 15.0 Å². The lowest BCUT2D eigenvalue weighted by atomic mass is 10.2. The number of aromatic nitrogens is 1. The van der Waals surface area contributed by atoms with Crippen LogP contribution in [0.1, 0.15) is 5.56 Å². The summed E-state index contributed by atoms with van der Waals surface area (Å²) in [5.41, 5.74) is 1.10. The van der Waals surface area contributed by atoms with Gasteiger partial charge in [0.15, 0.2) is 0 Å². The van der Waals surface area contributed by atoms with Crippen LogP contribution in [0.15, 0.2) is 18.3 Å². The highest BCUT2D eigenvalue weighted by molar-refractivity contribution is 5.24. The molecule has 1 rings (SSSR count). The van der Waals surface area contributed by atoms with Crippen LogP contribution in [-0.2, 0) is 6.54 Å². The molecule has 0 unspecified atom stereocenters. The number of hydrogen-bond acceptors (Lipinski definition) is 4. The molecule has 1 heterocycles. The van der Waals surface area contributed by atoms with Crippen LogP contribution in [0.3, 0.4) is 0 Å². The van der Waals surface area contributed by atoms with E-state index in [4.69, 9.17) is 4.74 Å². The average molecular weight is 209 g/mol. The quantitative estimate of drug-likeness (QED) is 0.701. The van der Waals surface area contributed by atoms with E-state index in [1.807, 2.05) is 12.1 Å². The van der Waals surface area contributed by atoms with E-state index in [0.717, 1.165) is 25.2 Å². The number of methoxy groups -OCH3 is 1. The fourth-order valence-electron chi connectivity index (χ4n) is 1.27. The molecule has 0 spiro atoms. The number of pyridine rings is 1. The van der Waals surface area contributed by atoms with Gasteiger partial charge in [-0.05, 0) is 20.2 Å². The lowest BCUT2D eigenvalue weighted by molar-refractivity contribution is 0.383. The lowest BCUT2D eigenvalue weighted by Crippen LogP contribution is -2.26. The van der Waals surface area contributed by atoms with Gasteiger partial charge in [0.25, 0.3) is 0 Å². The van der Waals surface area contributed by atoms with E-state index in [1.165, 1.54) is 0 Å². The highest BCUT2D eigenvalue weighted by Crippen LogP contribution is 2.12. The number of ether oxygens (including phenoxy) is 1. The highest BCUT2D eigenvalue weighted by atomic mass is 16.5. The summed E-state index contributed by atoms with van der Waals surface area (Å²) in [5, 5.41) is 3.35. The van der Waals surface area contributed by atoms with E-state index in [-0.39, 0.29) is 0 Å². The second kappa shape index (κ2) is 6.37. The molecule has 0 aliphatic carbocycles. The van der Waals surface area contributed by atoms with Crippen molar-refractivity contribution in [2.75, 3.05) is 34.3 Å². The predicted octanol–water partition coefficient (Wildman–Crippen LogP) is 0.741. The van der Waals surface area contributed by atoms with Gasteiger partial charge in [-0.15, -0.1) is 0 Å². The molecule has 0 atom stereocenters. The zero-order chi connectivity index (χ0) is 11.1. The van der Waals surface area contributed by atoms with E-state index < -0.39 is 0 Å². The zero-order valence-electron chi connectivity index (χ0n) is 9.66. The first kappa shape index (κ1) is 11.9. The van der Waals surface area contributed by atoms with Crippen LogP contribution in [0.4, 0.5) is 0 Å². The number of nitrogens with zero attached hydrogens (tertiary/aromatic N) is 2. The van der Waals surface area contributed by atoms with Crippen LogP contribution < -0.4 is 10.1 Å². The molecule has 0 amide bonds. The normalized spacial score (nSPS) is 10.7. The SMILES string of the molecule is COc1ncccc1CNCCN(C)C. The van der Waals surface area contributed by atoms with E-state index >= 15 is 0 Å². The van der Waals surface area contributed by atoms with Crippen molar-refractivity contribution in [3.63, 3.8) is 0 Å². The Morgan fingerprint density at radius 2 is 2.27 bits per heavy atom. The summed E-state index contributed by atoms with van der Waals surface area (Å²) in [5.74, 6) is 0.704. The van der Waals surface area contributed by atoms with Crippen molar-refractivity contribution in [2.24, 2.45) is 0 Å². The van der Waals surface area contributed by atoms with Gasteiger partial charge >= 0.3 is 0 Å².